The summed E-state index contributed by atoms with van der Waals surface area (Å²) in [6, 6.07) is 4.11. The smallest absolute Gasteiger partial charge is 0.0645 e. The lowest BCUT2D eigenvalue weighted by molar-refractivity contribution is -0.0553. The Morgan fingerprint density at radius 2 is 2.40 bits per heavy atom. The van der Waals surface area contributed by atoms with Crippen LogP contribution < -0.4 is 0 Å². The zero-order valence-electron chi connectivity index (χ0n) is 9.44. The molecule has 0 atom stereocenters. The highest BCUT2D eigenvalue weighted by Crippen LogP contribution is 2.21. The van der Waals surface area contributed by atoms with Crippen LogP contribution in [0.1, 0.15) is 19.4 Å². The maximum atomic E-state index is 5.50. The molecular formula is C12H18N2O. The number of nitrogens with zero attached hydrogens (tertiary/aromatic N) is 2. The minimum absolute atomic E-state index is 0.133. The van der Waals surface area contributed by atoms with Gasteiger partial charge in [-0.15, -0.1) is 0 Å². The first-order valence-electron chi connectivity index (χ1n) is 5.40. The largest absolute Gasteiger partial charge is 0.378 e. The van der Waals surface area contributed by atoms with Crippen LogP contribution in [-0.2, 0) is 11.3 Å². The van der Waals surface area contributed by atoms with E-state index in [4.69, 9.17) is 4.74 Å². The fraction of sp³-hybridized carbons (Fsp3) is 0.583. The summed E-state index contributed by atoms with van der Waals surface area (Å²) in [7, 11) is 0. The van der Waals surface area contributed by atoms with Gasteiger partial charge in [0, 0.05) is 31.0 Å². The maximum absolute atomic E-state index is 5.50. The molecule has 0 bridgehead atoms. The summed E-state index contributed by atoms with van der Waals surface area (Å²) in [5.41, 5.74) is 1.40. The lowest BCUT2D eigenvalue weighted by Gasteiger charge is -2.42. The molecule has 82 valence electrons. The van der Waals surface area contributed by atoms with Gasteiger partial charge in [0.25, 0.3) is 0 Å². The molecule has 15 heavy (non-hydrogen) atoms. The number of hydrogen-bond donors (Lipinski definition) is 0. The first-order valence-corrected chi connectivity index (χ1v) is 5.40. The molecule has 1 aliphatic rings. The van der Waals surface area contributed by atoms with Crippen molar-refractivity contribution in [3.05, 3.63) is 30.1 Å². The molecule has 3 heteroatoms. The van der Waals surface area contributed by atoms with Gasteiger partial charge in [0.05, 0.1) is 13.2 Å². The van der Waals surface area contributed by atoms with Gasteiger partial charge in [-0.25, -0.2) is 0 Å². The molecule has 2 heterocycles. The summed E-state index contributed by atoms with van der Waals surface area (Å²) in [5, 5.41) is 0. The topological polar surface area (TPSA) is 25.4 Å². The standard InChI is InChI=1S/C12H18N2O/c1-12(2)10-15-7-6-14(12)9-11-4-3-5-13-8-11/h3-5,8H,6-7,9-10H2,1-2H3. The van der Waals surface area contributed by atoms with Crippen molar-refractivity contribution in [1.82, 2.24) is 9.88 Å². The predicted octanol–water partition coefficient (Wildman–Crippen LogP) is 1.69. The Kier molecular flexibility index (Phi) is 3.03. The molecule has 1 fully saturated rings. The summed E-state index contributed by atoms with van der Waals surface area (Å²) in [6.07, 6.45) is 3.75. The predicted molar refractivity (Wildman–Crippen MR) is 59.5 cm³/mol. The Bertz CT molecular complexity index is 311. The van der Waals surface area contributed by atoms with E-state index >= 15 is 0 Å². The van der Waals surface area contributed by atoms with Crippen LogP contribution in [0.25, 0.3) is 0 Å². The van der Waals surface area contributed by atoms with Gasteiger partial charge in [-0.05, 0) is 25.5 Å². The minimum atomic E-state index is 0.133. The lowest BCUT2D eigenvalue weighted by atomic mass is 10.0. The van der Waals surface area contributed by atoms with Gasteiger partial charge in [0.2, 0.25) is 0 Å². The number of morpholine rings is 1. The van der Waals surface area contributed by atoms with E-state index in [1.807, 2.05) is 18.5 Å². The average Bonchev–Trinajstić information content (AvgIpc) is 2.23. The van der Waals surface area contributed by atoms with Gasteiger partial charge in [-0.3, -0.25) is 9.88 Å². The van der Waals surface area contributed by atoms with Crippen molar-refractivity contribution >= 4 is 0 Å². The minimum Gasteiger partial charge on any atom is -0.378 e. The van der Waals surface area contributed by atoms with Crippen LogP contribution in [0.3, 0.4) is 0 Å². The highest BCUT2D eigenvalue weighted by Gasteiger charge is 2.30. The first-order chi connectivity index (χ1) is 7.18. The number of hydrogen-bond acceptors (Lipinski definition) is 3. The Labute approximate surface area is 91.1 Å². The van der Waals surface area contributed by atoms with Crippen molar-refractivity contribution in [1.29, 1.82) is 0 Å². The van der Waals surface area contributed by atoms with Gasteiger partial charge in [0.1, 0.15) is 0 Å². The summed E-state index contributed by atoms with van der Waals surface area (Å²) in [5.74, 6) is 0. The second kappa shape index (κ2) is 4.29. The van der Waals surface area contributed by atoms with Crippen LogP contribution in [0.15, 0.2) is 24.5 Å². The molecule has 1 aliphatic heterocycles. The van der Waals surface area contributed by atoms with Crippen molar-refractivity contribution in [2.24, 2.45) is 0 Å². The Morgan fingerprint density at radius 3 is 3.07 bits per heavy atom. The van der Waals surface area contributed by atoms with Gasteiger partial charge in [-0.2, -0.15) is 0 Å². The molecule has 1 aromatic rings. The van der Waals surface area contributed by atoms with Crippen LogP contribution in [0, 0.1) is 0 Å². The van der Waals surface area contributed by atoms with Crippen LogP contribution in [-0.4, -0.2) is 35.2 Å². The fourth-order valence-corrected chi connectivity index (χ4v) is 1.90. The van der Waals surface area contributed by atoms with Gasteiger partial charge < -0.3 is 4.74 Å². The first kappa shape index (κ1) is 10.6. The molecular weight excluding hydrogens is 188 g/mol. The third-order valence-corrected chi connectivity index (χ3v) is 2.91. The Balaban J connectivity index is 2.05. The van der Waals surface area contributed by atoms with E-state index < -0.39 is 0 Å². The molecule has 1 saturated heterocycles. The molecule has 0 N–H and O–H groups in total. The summed E-state index contributed by atoms with van der Waals surface area (Å²) >= 11 is 0. The van der Waals surface area contributed by atoms with Crippen LogP contribution >= 0.6 is 0 Å². The molecule has 3 nitrogen and oxygen atoms in total. The van der Waals surface area contributed by atoms with E-state index in [1.165, 1.54) is 5.56 Å². The number of ether oxygens (including phenoxy) is 1. The third kappa shape index (κ3) is 2.55. The number of aromatic nitrogens is 1. The van der Waals surface area contributed by atoms with Crippen molar-refractivity contribution in [3.8, 4) is 0 Å². The van der Waals surface area contributed by atoms with Crippen molar-refractivity contribution in [3.63, 3.8) is 0 Å². The maximum Gasteiger partial charge on any atom is 0.0645 e. The number of pyridine rings is 1. The molecule has 0 radical (unpaired) electrons. The average molecular weight is 206 g/mol. The molecule has 0 aliphatic carbocycles. The molecule has 2 rings (SSSR count). The molecule has 0 saturated carbocycles. The second-order valence-electron chi connectivity index (χ2n) is 4.65. The SMILES string of the molecule is CC1(C)COCCN1Cc1cccnc1. The molecule has 1 aromatic heterocycles. The van der Waals surface area contributed by atoms with E-state index in [9.17, 15) is 0 Å². The van der Waals surface area contributed by atoms with Crippen molar-refractivity contribution < 1.29 is 4.74 Å². The number of rotatable bonds is 2. The Morgan fingerprint density at radius 1 is 1.53 bits per heavy atom. The molecule has 0 aromatic carbocycles. The van der Waals surface area contributed by atoms with E-state index in [1.54, 1.807) is 0 Å². The van der Waals surface area contributed by atoms with Gasteiger partial charge in [0.15, 0.2) is 0 Å². The van der Waals surface area contributed by atoms with Crippen LogP contribution in [0.2, 0.25) is 0 Å². The van der Waals surface area contributed by atoms with Gasteiger partial charge >= 0.3 is 0 Å². The Hall–Kier alpha value is -0.930. The summed E-state index contributed by atoms with van der Waals surface area (Å²) in [4.78, 5) is 6.59. The summed E-state index contributed by atoms with van der Waals surface area (Å²) < 4.78 is 5.50. The zero-order chi connectivity index (χ0) is 10.7. The third-order valence-electron chi connectivity index (χ3n) is 2.91. The molecule has 0 spiro atoms. The monoisotopic (exact) mass is 206 g/mol. The lowest BCUT2D eigenvalue weighted by Crippen LogP contribution is -2.52. The highest BCUT2D eigenvalue weighted by molar-refractivity contribution is 5.09. The van der Waals surface area contributed by atoms with Crippen molar-refractivity contribution in [2.45, 2.75) is 25.9 Å². The normalized spacial score (nSPS) is 21.5. The quantitative estimate of drug-likeness (QED) is 0.736. The zero-order valence-corrected chi connectivity index (χ0v) is 9.44. The van der Waals surface area contributed by atoms with Crippen LogP contribution in [0.4, 0.5) is 0 Å². The van der Waals surface area contributed by atoms with Gasteiger partial charge in [-0.1, -0.05) is 6.07 Å². The van der Waals surface area contributed by atoms with E-state index in [0.29, 0.717) is 0 Å². The molecule has 0 amide bonds. The summed E-state index contributed by atoms with van der Waals surface area (Å²) in [6.45, 7) is 8.06. The molecule has 0 unspecified atom stereocenters. The highest BCUT2D eigenvalue weighted by atomic mass is 16.5. The van der Waals surface area contributed by atoms with Crippen LogP contribution in [0.5, 0.6) is 0 Å². The van der Waals surface area contributed by atoms with Crippen molar-refractivity contribution in [2.75, 3.05) is 19.8 Å². The fourth-order valence-electron chi connectivity index (χ4n) is 1.90. The van der Waals surface area contributed by atoms with E-state index in [0.717, 1.165) is 26.3 Å². The second-order valence-corrected chi connectivity index (χ2v) is 4.65. The van der Waals surface area contributed by atoms with E-state index in [-0.39, 0.29) is 5.54 Å². The van der Waals surface area contributed by atoms with E-state index in [2.05, 4.69) is 29.8 Å².